The molecule has 1 amide bonds. The number of nitrogens with one attached hydrogen (secondary N) is 1. The van der Waals surface area contributed by atoms with Crippen LogP contribution >= 0.6 is 11.3 Å². The van der Waals surface area contributed by atoms with Gasteiger partial charge in [-0.3, -0.25) is 14.8 Å². The third-order valence-electron chi connectivity index (χ3n) is 4.01. The molecule has 3 rings (SSSR count). The van der Waals surface area contributed by atoms with E-state index in [4.69, 9.17) is 5.21 Å². The third kappa shape index (κ3) is 4.65. The van der Waals surface area contributed by atoms with Crippen LogP contribution in [0, 0.1) is 0 Å². The fourth-order valence-electron chi connectivity index (χ4n) is 2.63. The summed E-state index contributed by atoms with van der Waals surface area (Å²) in [7, 11) is 0. The Kier molecular flexibility index (Phi) is 5.62. The Bertz CT molecular complexity index is 1050. The number of fused-ring (bicyclic) bond motifs is 1. The van der Waals surface area contributed by atoms with E-state index in [1.807, 2.05) is 18.2 Å². The number of thiophene rings is 1. The van der Waals surface area contributed by atoms with Crippen molar-refractivity contribution < 1.29 is 28.0 Å². The maximum atomic E-state index is 12.6. The lowest BCUT2D eigenvalue weighted by molar-refractivity contribution is -0.137. The van der Waals surface area contributed by atoms with Gasteiger partial charge in [-0.1, -0.05) is 18.2 Å². The lowest BCUT2D eigenvalue weighted by Crippen LogP contribution is -2.14. The van der Waals surface area contributed by atoms with Crippen molar-refractivity contribution in [2.24, 2.45) is 0 Å². The average molecular weight is 405 g/mol. The van der Waals surface area contributed by atoms with Gasteiger partial charge in [-0.15, -0.1) is 11.3 Å². The first-order valence-electron chi connectivity index (χ1n) is 8.11. The number of carbonyl (C=O) groups excluding carboxylic acids is 2. The zero-order valence-electron chi connectivity index (χ0n) is 14.3. The van der Waals surface area contributed by atoms with Crippen molar-refractivity contribution in [3.63, 3.8) is 0 Å². The van der Waals surface area contributed by atoms with Gasteiger partial charge in [0.1, 0.15) is 0 Å². The summed E-state index contributed by atoms with van der Waals surface area (Å²) in [4.78, 5) is 24.2. The molecule has 144 valence electrons. The van der Waals surface area contributed by atoms with E-state index in [0.717, 1.165) is 32.7 Å². The molecular weight excluding hydrogens is 391 g/mol. The molecule has 0 radical (unpaired) electrons. The molecule has 0 aliphatic rings. The maximum Gasteiger partial charge on any atom is 0.416 e. The van der Waals surface area contributed by atoms with Crippen molar-refractivity contribution in [3.8, 4) is 0 Å². The van der Waals surface area contributed by atoms with Crippen LogP contribution in [0.25, 0.3) is 16.2 Å². The Hall–Kier alpha value is -2.97. The van der Waals surface area contributed by atoms with E-state index in [0.29, 0.717) is 0 Å². The first kappa shape index (κ1) is 19.8. The third-order valence-corrected chi connectivity index (χ3v) is 5.09. The highest BCUT2D eigenvalue weighted by Crippen LogP contribution is 2.30. The van der Waals surface area contributed by atoms with Gasteiger partial charge in [-0.25, -0.2) is 5.48 Å². The van der Waals surface area contributed by atoms with Gasteiger partial charge in [0.2, 0.25) is 0 Å². The van der Waals surface area contributed by atoms with Gasteiger partial charge >= 0.3 is 6.18 Å². The predicted octanol–water partition coefficient (Wildman–Crippen LogP) is 4.86. The summed E-state index contributed by atoms with van der Waals surface area (Å²) < 4.78 is 38.8. The van der Waals surface area contributed by atoms with Crippen LogP contribution in [0.5, 0.6) is 0 Å². The molecule has 0 spiro atoms. The number of alkyl halides is 3. The molecule has 0 bridgehead atoms. The maximum absolute atomic E-state index is 12.6. The highest BCUT2D eigenvalue weighted by atomic mass is 32.1. The SMILES string of the molecule is O=C(/C=C/c1cc2cc(CC(=O)c3ccc(C(F)(F)F)cc3)ccc2s1)NO. The molecule has 0 aliphatic heterocycles. The Labute approximate surface area is 161 Å². The van der Waals surface area contributed by atoms with Crippen molar-refractivity contribution in [1.29, 1.82) is 0 Å². The van der Waals surface area contributed by atoms with E-state index in [-0.39, 0.29) is 17.8 Å². The summed E-state index contributed by atoms with van der Waals surface area (Å²) >= 11 is 1.44. The highest BCUT2D eigenvalue weighted by Gasteiger charge is 2.30. The van der Waals surface area contributed by atoms with Crippen LogP contribution in [0.1, 0.15) is 26.4 Å². The van der Waals surface area contributed by atoms with Crippen LogP contribution in [0.3, 0.4) is 0 Å². The highest BCUT2D eigenvalue weighted by molar-refractivity contribution is 7.19. The number of benzene rings is 2. The largest absolute Gasteiger partial charge is 0.416 e. The van der Waals surface area contributed by atoms with Gasteiger partial charge in [0.05, 0.1) is 5.56 Å². The van der Waals surface area contributed by atoms with Crippen LogP contribution in [0.15, 0.2) is 54.6 Å². The Morgan fingerprint density at radius 3 is 2.43 bits per heavy atom. The van der Waals surface area contributed by atoms with Crippen molar-refractivity contribution in [3.05, 3.63) is 76.2 Å². The number of hydrogen-bond donors (Lipinski definition) is 2. The first-order chi connectivity index (χ1) is 13.3. The lowest BCUT2D eigenvalue weighted by Gasteiger charge is -2.07. The molecule has 8 heteroatoms. The minimum Gasteiger partial charge on any atom is -0.294 e. The summed E-state index contributed by atoms with van der Waals surface area (Å²) in [5.41, 5.74) is 1.67. The molecule has 0 atom stereocenters. The number of rotatable bonds is 5. The first-order valence-corrected chi connectivity index (χ1v) is 8.93. The molecule has 2 N–H and O–H groups in total. The average Bonchev–Trinajstić information content (AvgIpc) is 3.07. The number of hydroxylamine groups is 1. The minimum absolute atomic E-state index is 0.0647. The molecule has 28 heavy (non-hydrogen) atoms. The second-order valence-electron chi connectivity index (χ2n) is 6.01. The fraction of sp³-hybridized carbons (Fsp3) is 0.100. The molecule has 0 saturated carbocycles. The quantitative estimate of drug-likeness (QED) is 0.276. The van der Waals surface area contributed by atoms with Crippen LogP contribution in [0.2, 0.25) is 0 Å². The smallest absolute Gasteiger partial charge is 0.294 e. The standard InChI is InChI=1S/C20H14F3NO3S/c21-20(22,23)15-4-2-13(3-5-15)17(25)10-12-1-7-18-14(9-12)11-16(28-18)6-8-19(26)24-27/h1-9,11,27H,10H2,(H,24,26)/b8-6+. The molecule has 4 nitrogen and oxygen atoms in total. The summed E-state index contributed by atoms with van der Waals surface area (Å²) in [6, 6.07) is 11.5. The summed E-state index contributed by atoms with van der Waals surface area (Å²) in [6.07, 6.45) is -1.62. The van der Waals surface area contributed by atoms with E-state index in [1.54, 1.807) is 12.1 Å². The van der Waals surface area contributed by atoms with E-state index >= 15 is 0 Å². The molecule has 0 aliphatic carbocycles. The molecule has 1 aromatic heterocycles. The van der Waals surface area contributed by atoms with E-state index < -0.39 is 17.6 Å². The molecule has 3 aromatic rings. The zero-order chi connectivity index (χ0) is 20.3. The second-order valence-corrected chi connectivity index (χ2v) is 7.12. The number of Topliss-reactive ketones (excluding diaryl/α,β-unsaturated/α-hetero) is 1. The van der Waals surface area contributed by atoms with Crippen LogP contribution in [0.4, 0.5) is 13.2 Å². The lowest BCUT2D eigenvalue weighted by atomic mass is 10.0. The number of halogens is 3. The van der Waals surface area contributed by atoms with E-state index in [1.165, 1.54) is 35.0 Å². The van der Waals surface area contributed by atoms with Gasteiger partial charge < -0.3 is 0 Å². The summed E-state index contributed by atoms with van der Waals surface area (Å²) in [5, 5.41) is 9.37. The van der Waals surface area contributed by atoms with Crippen molar-refractivity contribution in [2.75, 3.05) is 0 Å². The molecule has 0 saturated heterocycles. The predicted molar refractivity (Wildman–Crippen MR) is 100 cm³/mol. The Morgan fingerprint density at radius 2 is 1.79 bits per heavy atom. The molecule has 0 unspecified atom stereocenters. The molecule has 1 heterocycles. The monoisotopic (exact) mass is 405 g/mol. The van der Waals surface area contributed by atoms with Crippen molar-refractivity contribution >= 4 is 39.2 Å². The Balaban J connectivity index is 1.75. The summed E-state index contributed by atoms with van der Waals surface area (Å²) in [5.74, 6) is -0.914. The van der Waals surface area contributed by atoms with Gasteiger partial charge in [0.15, 0.2) is 5.78 Å². The minimum atomic E-state index is -4.43. The number of hydrogen-bond acceptors (Lipinski definition) is 4. The van der Waals surface area contributed by atoms with Crippen LogP contribution in [-0.2, 0) is 17.4 Å². The summed E-state index contributed by atoms with van der Waals surface area (Å²) in [6.45, 7) is 0. The molecular formula is C20H14F3NO3S. The Morgan fingerprint density at radius 1 is 1.07 bits per heavy atom. The van der Waals surface area contributed by atoms with Crippen LogP contribution in [-0.4, -0.2) is 16.9 Å². The molecule has 0 fully saturated rings. The second kappa shape index (κ2) is 7.95. The van der Waals surface area contributed by atoms with Crippen molar-refractivity contribution in [1.82, 2.24) is 5.48 Å². The topological polar surface area (TPSA) is 66.4 Å². The van der Waals surface area contributed by atoms with E-state index in [9.17, 15) is 22.8 Å². The van der Waals surface area contributed by atoms with Gasteiger partial charge in [-0.2, -0.15) is 13.2 Å². The number of amides is 1. The normalized spacial score (nSPS) is 11.9. The van der Waals surface area contributed by atoms with E-state index in [2.05, 4.69) is 0 Å². The number of carbonyl (C=O) groups is 2. The van der Waals surface area contributed by atoms with Crippen molar-refractivity contribution in [2.45, 2.75) is 12.6 Å². The fourth-order valence-corrected chi connectivity index (χ4v) is 3.58. The van der Waals surface area contributed by atoms with Gasteiger partial charge in [0.25, 0.3) is 5.91 Å². The zero-order valence-corrected chi connectivity index (χ0v) is 15.1. The number of ketones is 1. The molecule has 2 aromatic carbocycles. The van der Waals surface area contributed by atoms with Gasteiger partial charge in [-0.05, 0) is 47.4 Å². The van der Waals surface area contributed by atoms with Crippen LogP contribution < -0.4 is 5.48 Å². The van der Waals surface area contributed by atoms with Gasteiger partial charge in [0, 0.05) is 27.6 Å².